The van der Waals surface area contributed by atoms with Crippen molar-refractivity contribution in [2.45, 2.75) is 25.8 Å². The molecule has 0 unspecified atom stereocenters. The molecule has 1 fully saturated rings. The molecule has 0 radical (unpaired) electrons. The fourth-order valence-electron chi connectivity index (χ4n) is 1.94. The van der Waals surface area contributed by atoms with Gasteiger partial charge in [0, 0.05) is 12.6 Å². The van der Waals surface area contributed by atoms with Crippen molar-refractivity contribution in [1.82, 2.24) is 9.55 Å². The Balaban J connectivity index is 1.89. The normalized spacial score (nSPS) is 16.1. The quantitative estimate of drug-likeness (QED) is 0.751. The van der Waals surface area contributed by atoms with Crippen LogP contribution in [0, 0.1) is 11.7 Å². The zero-order valence-corrected chi connectivity index (χ0v) is 8.49. The SMILES string of the molecule is Fc1ccc2c(c1)ncn2CCC1CC1. The Labute approximate surface area is 87.7 Å². The molecule has 0 atom stereocenters. The molecule has 1 aromatic heterocycles. The fourth-order valence-corrected chi connectivity index (χ4v) is 1.94. The second kappa shape index (κ2) is 3.33. The van der Waals surface area contributed by atoms with Gasteiger partial charge in [0.1, 0.15) is 5.82 Å². The third kappa shape index (κ3) is 1.74. The molecule has 0 N–H and O–H groups in total. The lowest BCUT2D eigenvalue weighted by atomic mass is 10.2. The molecule has 15 heavy (non-hydrogen) atoms. The fraction of sp³-hybridized carbons (Fsp3) is 0.417. The first kappa shape index (κ1) is 8.89. The van der Waals surface area contributed by atoms with E-state index in [0.29, 0.717) is 0 Å². The molecule has 3 rings (SSSR count). The van der Waals surface area contributed by atoms with Crippen LogP contribution in [-0.2, 0) is 6.54 Å². The minimum atomic E-state index is -0.213. The summed E-state index contributed by atoms with van der Waals surface area (Å²) in [5.74, 6) is 0.706. The number of nitrogens with zero attached hydrogens (tertiary/aromatic N) is 2. The number of fused-ring (bicyclic) bond motifs is 1. The van der Waals surface area contributed by atoms with Gasteiger partial charge in [-0.25, -0.2) is 9.37 Å². The standard InChI is InChI=1S/C12H13FN2/c13-10-3-4-12-11(7-10)14-8-15(12)6-5-9-1-2-9/h3-4,7-9H,1-2,5-6H2. The molecule has 2 aromatic rings. The van der Waals surface area contributed by atoms with Crippen LogP contribution in [-0.4, -0.2) is 9.55 Å². The summed E-state index contributed by atoms with van der Waals surface area (Å²) in [5.41, 5.74) is 1.79. The third-order valence-electron chi connectivity index (χ3n) is 3.06. The second-order valence-corrected chi connectivity index (χ2v) is 4.30. The molecule has 1 aliphatic rings. The number of aromatic nitrogens is 2. The highest BCUT2D eigenvalue weighted by atomic mass is 19.1. The number of hydrogen-bond donors (Lipinski definition) is 0. The van der Waals surface area contributed by atoms with Crippen molar-refractivity contribution in [2.24, 2.45) is 5.92 Å². The van der Waals surface area contributed by atoms with Gasteiger partial charge in [0.15, 0.2) is 0 Å². The molecule has 78 valence electrons. The van der Waals surface area contributed by atoms with Crippen molar-refractivity contribution in [2.75, 3.05) is 0 Å². The lowest BCUT2D eigenvalue weighted by Gasteiger charge is -2.02. The number of imidazole rings is 1. The van der Waals surface area contributed by atoms with E-state index >= 15 is 0 Å². The average molecular weight is 204 g/mol. The Hall–Kier alpha value is -1.38. The number of aryl methyl sites for hydroxylation is 1. The van der Waals surface area contributed by atoms with Gasteiger partial charge in [-0.05, 0) is 24.5 Å². The first-order valence-electron chi connectivity index (χ1n) is 5.43. The van der Waals surface area contributed by atoms with E-state index in [1.165, 1.54) is 31.4 Å². The highest BCUT2D eigenvalue weighted by Crippen LogP contribution is 2.33. The van der Waals surface area contributed by atoms with Crippen LogP contribution in [0.2, 0.25) is 0 Å². The summed E-state index contributed by atoms with van der Waals surface area (Å²) in [7, 11) is 0. The molecule has 0 spiro atoms. The molecule has 1 heterocycles. The Morgan fingerprint density at radius 3 is 3.07 bits per heavy atom. The maximum absolute atomic E-state index is 12.9. The summed E-state index contributed by atoms with van der Waals surface area (Å²) < 4.78 is 15.0. The Morgan fingerprint density at radius 1 is 1.40 bits per heavy atom. The van der Waals surface area contributed by atoms with E-state index < -0.39 is 0 Å². The zero-order chi connectivity index (χ0) is 10.3. The summed E-state index contributed by atoms with van der Waals surface area (Å²) in [6.07, 6.45) is 5.79. The average Bonchev–Trinajstić information content (AvgIpc) is 2.97. The lowest BCUT2D eigenvalue weighted by molar-refractivity contribution is 0.607. The Kier molecular flexibility index (Phi) is 1.97. The van der Waals surface area contributed by atoms with Crippen LogP contribution in [0.3, 0.4) is 0 Å². The van der Waals surface area contributed by atoms with E-state index in [4.69, 9.17) is 0 Å². The smallest absolute Gasteiger partial charge is 0.125 e. The molecule has 1 aliphatic carbocycles. The van der Waals surface area contributed by atoms with E-state index in [-0.39, 0.29) is 5.82 Å². The van der Waals surface area contributed by atoms with Gasteiger partial charge in [-0.1, -0.05) is 12.8 Å². The molecule has 3 heteroatoms. The molecule has 0 bridgehead atoms. The van der Waals surface area contributed by atoms with Crippen molar-refractivity contribution in [3.63, 3.8) is 0 Å². The summed E-state index contributed by atoms with van der Waals surface area (Å²) in [5, 5.41) is 0. The summed E-state index contributed by atoms with van der Waals surface area (Å²) in [6, 6.07) is 4.80. The lowest BCUT2D eigenvalue weighted by Crippen LogP contribution is -1.96. The van der Waals surface area contributed by atoms with E-state index in [9.17, 15) is 4.39 Å². The van der Waals surface area contributed by atoms with E-state index in [1.54, 1.807) is 0 Å². The number of hydrogen-bond acceptors (Lipinski definition) is 1. The van der Waals surface area contributed by atoms with Crippen LogP contribution in [0.5, 0.6) is 0 Å². The van der Waals surface area contributed by atoms with Crippen molar-refractivity contribution in [1.29, 1.82) is 0 Å². The molecule has 0 saturated heterocycles. The van der Waals surface area contributed by atoms with Gasteiger partial charge in [-0.15, -0.1) is 0 Å². The van der Waals surface area contributed by atoms with Gasteiger partial charge in [0.05, 0.1) is 17.4 Å². The third-order valence-corrected chi connectivity index (χ3v) is 3.06. The van der Waals surface area contributed by atoms with Crippen LogP contribution in [0.4, 0.5) is 4.39 Å². The molecular formula is C12H13FN2. The second-order valence-electron chi connectivity index (χ2n) is 4.30. The minimum absolute atomic E-state index is 0.213. The number of benzene rings is 1. The van der Waals surface area contributed by atoms with Crippen molar-refractivity contribution in [3.05, 3.63) is 30.3 Å². The van der Waals surface area contributed by atoms with Gasteiger partial charge in [-0.3, -0.25) is 0 Å². The molecular weight excluding hydrogens is 191 g/mol. The predicted octanol–water partition coefficient (Wildman–Crippen LogP) is 2.98. The molecule has 1 saturated carbocycles. The summed E-state index contributed by atoms with van der Waals surface area (Å²) in [4.78, 5) is 4.20. The van der Waals surface area contributed by atoms with Gasteiger partial charge >= 0.3 is 0 Å². The number of halogens is 1. The topological polar surface area (TPSA) is 17.8 Å². The largest absolute Gasteiger partial charge is 0.331 e. The van der Waals surface area contributed by atoms with Crippen LogP contribution >= 0.6 is 0 Å². The zero-order valence-electron chi connectivity index (χ0n) is 8.49. The Bertz CT molecular complexity index is 485. The monoisotopic (exact) mass is 204 g/mol. The van der Waals surface area contributed by atoms with Crippen molar-refractivity contribution >= 4 is 11.0 Å². The van der Waals surface area contributed by atoms with Crippen LogP contribution < -0.4 is 0 Å². The molecule has 2 nitrogen and oxygen atoms in total. The van der Waals surface area contributed by atoms with Crippen LogP contribution in [0.25, 0.3) is 11.0 Å². The van der Waals surface area contributed by atoms with Crippen LogP contribution in [0.1, 0.15) is 19.3 Å². The Morgan fingerprint density at radius 2 is 2.27 bits per heavy atom. The van der Waals surface area contributed by atoms with Gasteiger partial charge < -0.3 is 4.57 Å². The van der Waals surface area contributed by atoms with Crippen LogP contribution in [0.15, 0.2) is 24.5 Å². The number of rotatable bonds is 3. The van der Waals surface area contributed by atoms with Gasteiger partial charge in [0.25, 0.3) is 0 Å². The van der Waals surface area contributed by atoms with E-state index in [1.807, 2.05) is 12.4 Å². The van der Waals surface area contributed by atoms with Gasteiger partial charge in [0.2, 0.25) is 0 Å². The maximum Gasteiger partial charge on any atom is 0.125 e. The minimum Gasteiger partial charge on any atom is -0.331 e. The van der Waals surface area contributed by atoms with E-state index in [0.717, 1.165) is 23.5 Å². The van der Waals surface area contributed by atoms with Crippen molar-refractivity contribution in [3.8, 4) is 0 Å². The summed E-state index contributed by atoms with van der Waals surface area (Å²) >= 11 is 0. The molecule has 0 amide bonds. The van der Waals surface area contributed by atoms with Gasteiger partial charge in [-0.2, -0.15) is 0 Å². The summed E-state index contributed by atoms with van der Waals surface area (Å²) in [6.45, 7) is 1.01. The van der Waals surface area contributed by atoms with Crippen molar-refractivity contribution < 1.29 is 4.39 Å². The molecule has 1 aromatic carbocycles. The maximum atomic E-state index is 12.9. The first-order chi connectivity index (χ1) is 7.33. The highest BCUT2D eigenvalue weighted by molar-refractivity contribution is 5.75. The van der Waals surface area contributed by atoms with E-state index in [2.05, 4.69) is 9.55 Å². The first-order valence-corrected chi connectivity index (χ1v) is 5.43. The predicted molar refractivity (Wildman–Crippen MR) is 57.0 cm³/mol. The molecule has 0 aliphatic heterocycles. The highest BCUT2D eigenvalue weighted by Gasteiger charge is 2.20.